The van der Waals surface area contributed by atoms with Gasteiger partial charge in [-0.3, -0.25) is 0 Å². The van der Waals surface area contributed by atoms with Crippen LogP contribution >= 0.6 is 15.9 Å². The fourth-order valence-electron chi connectivity index (χ4n) is 10.9. The second-order valence-corrected chi connectivity index (χ2v) is 17.3. The normalized spacial score (nSPS) is 20.9. The van der Waals surface area contributed by atoms with E-state index in [9.17, 15) is 0 Å². The summed E-state index contributed by atoms with van der Waals surface area (Å²) in [6.07, 6.45) is 7.41. The Morgan fingerprint density at radius 2 is 1.20 bits per heavy atom. The van der Waals surface area contributed by atoms with Crippen LogP contribution in [-0.4, -0.2) is 15.0 Å². The minimum atomic E-state index is -0.00685. The van der Waals surface area contributed by atoms with Gasteiger partial charge >= 0.3 is 0 Å². The zero-order valence-corrected chi connectivity index (χ0v) is 32.9. The predicted molar refractivity (Wildman–Crippen MR) is 233 cm³/mol. The number of furan rings is 1. The number of aromatic nitrogens is 3. The van der Waals surface area contributed by atoms with Crippen LogP contribution in [0.5, 0.6) is 0 Å². The van der Waals surface area contributed by atoms with Crippen molar-refractivity contribution in [2.75, 3.05) is 0 Å². The lowest BCUT2D eigenvalue weighted by molar-refractivity contribution is 0.0891. The Bertz CT molecular complexity index is 2990. The van der Waals surface area contributed by atoms with Crippen molar-refractivity contribution in [1.82, 2.24) is 15.0 Å². The molecule has 2 aliphatic carbocycles. The Kier molecular flexibility index (Phi) is 7.79. The highest BCUT2D eigenvalue weighted by Gasteiger charge is 2.50. The molecule has 7 aromatic carbocycles. The molecule has 9 aromatic rings. The lowest BCUT2D eigenvalue weighted by Gasteiger charge is -2.54. The average Bonchev–Trinajstić information content (AvgIpc) is 3.62. The van der Waals surface area contributed by atoms with Crippen LogP contribution < -0.4 is 0 Å². The van der Waals surface area contributed by atoms with E-state index in [1.807, 2.05) is 42.5 Å². The van der Waals surface area contributed by atoms with Gasteiger partial charge in [0, 0.05) is 31.9 Å². The molecule has 2 aliphatic rings. The fraction of sp³-hybridized carbons (Fsp3) is 0.196. The van der Waals surface area contributed by atoms with E-state index < -0.39 is 0 Å². The third-order valence-corrected chi connectivity index (χ3v) is 13.7. The standard InChI is InChI=1S/C51H40BrN3O/c1-50(29-32-13-12-28-51(30-32,31-50)42-26-27-43(52)37-19-8-7-18-36(37)42)41-25-24-38(34-16-5-6-17-35(34)41)48-53-47(33-14-3-2-4-15-33)54-49(55-48)40-21-11-23-45-46(40)39-20-9-10-22-44(39)56-45/h2-11,14-27,32H,12-13,28-31H2,1H3. The molecule has 272 valence electrons. The molecule has 0 spiro atoms. The van der Waals surface area contributed by atoms with Gasteiger partial charge in [0.2, 0.25) is 0 Å². The molecular formula is C51H40BrN3O. The number of benzene rings is 7. The maximum absolute atomic E-state index is 6.30. The highest BCUT2D eigenvalue weighted by Crippen LogP contribution is 2.59. The van der Waals surface area contributed by atoms with Crippen LogP contribution in [0.25, 0.3) is 77.6 Å². The molecule has 3 unspecified atom stereocenters. The summed E-state index contributed by atoms with van der Waals surface area (Å²) in [6.45, 7) is 2.55. The molecule has 0 aliphatic heterocycles. The Hall–Kier alpha value is -5.65. The number of hydrogen-bond donors (Lipinski definition) is 0. The number of nitrogens with zero attached hydrogens (tertiary/aromatic N) is 3. The summed E-state index contributed by atoms with van der Waals surface area (Å²) in [4.78, 5) is 15.7. The second-order valence-electron chi connectivity index (χ2n) is 16.5. The van der Waals surface area contributed by atoms with Crippen LogP contribution in [0.15, 0.2) is 154 Å². The van der Waals surface area contributed by atoms with Gasteiger partial charge < -0.3 is 4.42 Å². The largest absolute Gasteiger partial charge is 0.456 e. The van der Waals surface area contributed by atoms with Crippen molar-refractivity contribution in [2.45, 2.75) is 56.3 Å². The van der Waals surface area contributed by atoms with Crippen molar-refractivity contribution in [2.24, 2.45) is 5.92 Å². The minimum Gasteiger partial charge on any atom is -0.456 e. The van der Waals surface area contributed by atoms with E-state index in [-0.39, 0.29) is 10.8 Å². The molecule has 2 heterocycles. The number of para-hydroxylation sites is 1. The van der Waals surface area contributed by atoms with Crippen LogP contribution in [0.3, 0.4) is 0 Å². The van der Waals surface area contributed by atoms with Gasteiger partial charge in [0.05, 0.1) is 0 Å². The molecule has 0 saturated heterocycles. The maximum atomic E-state index is 6.30. The zero-order chi connectivity index (χ0) is 37.4. The minimum absolute atomic E-state index is 0.00685. The van der Waals surface area contributed by atoms with E-state index in [0.717, 1.165) is 45.0 Å². The number of fused-ring (bicyclic) bond motifs is 7. The first-order valence-electron chi connectivity index (χ1n) is 19.9. The first kappa shape index (κ1) is 33.7. The van der Waals surface area contributed by atoms with E-state index in [1.54, 1.807) is 0 Å². The molecule has 0 N–H and O–H groups in total. The molecule has 3 atom stereocenters. The summed E-state index contributed by atoms with van der Waals surface area (Å²) < 4.78 is 7.47. The van der Waals surface area contributed by atoms with E-state index >= 15 is 0 Å². The SMILES string of the molecule is CC1(c2ccc(-c3nc(-c4ccccc4)nc(-c4cccc5oc6ccccc6c45)n3)c3ccccc23)CC2CCCC(c3ccc(Br)c4ccccc34)(C2)C1. The molecule has 56 heavy (non-hydrogen) atoms. The summed E-state index contributed by atoms with van der Waals surface area (Å²) in [5.41, 5.74) is 7.65. The molecule has 2 bridgehead atoms. The van der Waals surface area contributed by atoms with E-state index in [2.05, 4.69) is 126 Å². The van der Waals surface area contributed by atoms with Crippen LogP contribution in [-0.2, 0) is 10.8 Å². The monoisotopic (exact) mass is 789 g/mol. The van der Waals surface area contributed by atoms with Crippen LogP contribution in [0, 0.1) is 5.92 Å². The average molecular weight is 791 g/mol. The maximum Gasteiger partial charge on any atom is 0.164 e. The van der Waals surface area contributed by atoms with Gasteiger partial charge in [-0.2, -0.15) is 0 Å². The van der Waals surface area contributed by atoms with Gasteiger partial charge in [-0.15, -0.1) is 0 Å². The smallest absolute Gasteiger partial charge is 0.164 e. The molecule has 0 radical (unpaired) electrons. The molecule has 2 saturated carbocycles. The molecule has 2 aromatic heterocycles. The summed E-state index contributed by atoms with van der Waals surface area (Å²) >= 11 is 3.87. The second kappa shape index (κ2) is 13.0. The van der Waals surface area contributed by atoms with Crippen LogP contribution in [0.4, 0.5) is 0 Å². The van der Waals surface area contributed by atoms with E-state index in [4.69, 9.17) is 19.4 Å². The molecule has 0 amide bonds. The number of hydrogen-bond acceptors (Lipinski definition) is 4. The van der Waals surface area contributed by atoms with Crippen LogP contribution in [0.2, 0.25) is 0 Å². The van der Waals surface area contributed by atoms with Crippen molar-refractivity contribution < 1.29 is 4.42 Å². The Balaban J connectivity index is 1.08. The summed E-state index contributed by atoms with van der Waals surface area (Å²) in [7, 11) is 0. The molecule has 4 nitrogen and oxygen atoms in total. The lowest BCUT2D eigenvalue weighted by Crippen LogP contribution is -2.46. The van der Waals surface area contributed by atoms with Gasteiger partial charge in [0.15, 0.2) is 17.5 Å². The van der Waals surface area contributed by atoms with Gasteiger partial charge in [0.25, 0.3) is 0 Å². The van der Waals surface area contributed by atoms with Crippen molar-refractivity contribution in [3.8, 4) is 34.2 Å². The Labute approximate surface area is 334 Å². The van der Waals surface area contributed by atoms with Gasteiger partial charge in [-0.1, -0.05) is 163 Å². The third kappa shape index (κ3) is 5.35. The highest BCUT2D eigenvalue weighted by molar-refractivity contribution is 9.10. The van der Waals surface area contributed by atoms with E-state index in [1.165, 1.54) is 69.2 Å². The molecule has 5 heteroatoms. The quantitative estimate of drug-likeness (QED) is 0.174. The predicted octanol–water partition coefficient (Wildman–Crippen LogP) is 14.0. The van der Waals surface area contributed by atoms with Gasteiger partial charge in [0.1, 0.15) is 11.2 Å². The fourth-order valence-corrected chi connectivity index (χ4v) is 11.3. The van der Waals surface area contributed by atoms with Crippen molar-refractivity contribution in [3.05, 3.63) is 161 Å². The number of halogens is 1. The van der Waals surface area contributed by atoms with Crippen molar-refractivity contribution in [3.63, 3.8) is 0 Å². The molecule has 2 fully saturated rings. The van der Waals surface area contributed by atoms with Crippen LogP contribution in [0.1, 0.15) is 56.6 Å². The first-order valence-corrected chi connectivity index (χ1v) is 20.7. The highest BCUT2D eigenvalue weighted by atomic mass is 79.9. The summed E-state index contributed by atoms with van der Waals surface area (Å²) in [5.74, 6) is 2.64. The molecule has 11 rings (SSSR count). The van der Waals surface area contributed by atoms with E-state index in [0.29, 0.717) is 23.4 Å². The summed E-state index contributed by atoms with van der Waals surface area (Å²) in [5, 5.41) is 7.24. The van der Waals surface area contributed by atoms with Crippen molar-refractivity contribution in [1.29, 1.82) is 0 Å². The first-order chi connectivity index (χ1) is 27.5. The third-order valence-electron chi connectivity index (χ3n) is 13.0. The van der Waals surface area contributed by atoms with Crippen molar-refractivity contribution >= 4 is 59.4 Å². The zero-order valence-electron chi connectivity index (χ0n) is 31.3. The summed E-state index contributed by atoms with van der Waals surface area (Å²) in [6, 6.07) is 51.9. The number of rotatable bonds is 5. The Morgan fingerprint density at radius 3 is 2.02 bits per heavy atom. The topological polar surface area (TPSA) is 51.8 Å². The van der Waals surface area contributed by atoms with Gasteiger partial charge in [-0.25, -0.2) is 15.0 Å². The lowest BCUT2D eigenvalue weighted by atomic mass is 9.50. The van der Waals surface area contributed by atoms with Gasteiger partial charge in [-0.05, 0) is 93.3 Å². The molecular weight excluding hydrogens is 750 g/mol. The Morgan fingerprint density at radius 1 is 0.554 bits per heavy atom.